The van der Waals surface area contributed by atoms with Gasteiger partial charge in [-0.1, -0.05) is 41.5 Å². The molecule has 0 spiro atoms. The highest BCUT2D eigenvalue weighted by atomic mass is 16.2. The SMILES string of the molecule is Cc1cc(C)cc(-c2ccc(C(N)=O)c3[nH]c4cc(C(=O)N5CCN(C)CC5)ccc4c23)c1. The second-order valence-corrected chi connectivity index (χ2v) is 9.13. The smallest absolute Gasteiger partial charge is 0.254 e. The molecule has 168 valence electrons. The van der Waals surface area contributed by atoms with Crippen LogP contribution in [-0.2, 0) is 0 Å². The molecular weight excluding hydrogens is 412 g/mol. The van der Waals surface area contributed by atoms with Crippen LogP contribution in [0.1, 0.15) is 31.8 Å². The number of benzene rings is 3. The minimum atomic E-state index is -0.479. The third-order valence-corrected chi connectivity index (χ3v) is 6.59. The molecule has 5 rings (SSSR count). The maximum atomic E-state index is 13.1. The van der Waals surface area contributed by atoms with Gasteiger partial charge in [-0.2, -0.15) is 0 Å². The molecule has 1 aliphatic rings. The molecule has 0 atom stereocenters. The van der Waals surface area contributed by atoms with Crippen molar-refractivity contribution >= 4 is 33.6 Å². The van der Waals surface area contributed by atoms with Crippen LogP contribution in [0.2, 0.25) is 0 Å². The van der Waals surface area contributed by atoms with Gasteiger partial charge in [-0.15, -0.1) is 0 Å². The number of aromatic nitrogens is 1. The molecule has 0 saturated carbocycles. The van der Waals surface area contributed by atoms with E-state index in [9.17, 15) is 9.59 Å². The Kier molecular flexibility index (Phi) is 5.17. The average molecular weight is 441 g/mol. The minimum absolute atomic E-state index is 0.0355. The van der Waals surface area contributed by atoms with Crippen molar-refractivity contribution in [1.82, 2.24) is 14.8 Å². The normalized spacial score (nSPS) is 14.8. The van der Waals surface area contributed by atoms with E-state index < -0.39 is 5.91 Å². The van der Waals surface area contributed by atoms with Crippen molar-refractivity contribution < 1.29 is 9.59 Å². The first kappa shape index (κ1) is 21.2. The van der Waals surface area contributed by atoms with Crippen molar-refractivity contribution in [2.75, 3.05) is 33.2 Å². The highest BCUT2D eigenvalue weighted by molar-refractivity contribution is 6.20. The van der Waals surface area contributed by atoms with Crippen LogP contribution in [0.5, 0.6) is 0 Å². The number of nitrogens with zero attached hydrogens (tertiary/aromatic N) is 2. The van der Waals surface area contributed by atoms with E-state index in [2.05, 4.69) is 49.0 Å². The summed E-state index contributed by atoms with van der Waals surface area (Å²) in [7, 11) is 2.07. The summed E-state index contributed by atoms with van der Waals surface area (Å²) in [5.74, 6) is -0.444. The van der Waals surface area contributed by atoms with E-state index >= 15 is 0 Å². The Labute approximate surface area is 193 Å². The highest BCUT2D eigenvalue weighted by Crippen LogP contribution is 2.37. The molecule has 3 aromatic carbocycles. The van der Waals surface area contributed by atoms with Crippen LogP contribution < -0.4 is 5.73 Å². The van der Waals surface area contributed by atoms with E-state index in [0.29, 0.717) is 16.6 Å². The number of nitrogens with one attached hydrogen (secondary N) is 1. The molecule has 1 aliphatic heterocycles. The fourth-order valence-electron chi connectivity index (χ4n) is 4.91. The van der Waals surface area contributed by atoms with Crippen LogP contribution in [0.25, 0.3) is 32.9 Å². The molecular formula is C27H28N4O2. The Balaban J connectivity index is 1.68. The molecule has 1 aromatic heterocycles. The number of fused-ring (bicyclic) bond motifs is 3. The summed E-state index contributed by atoms with van der Waals surface area (Å²) in [6.45, 7) is 7.36. The van der Waals surface area contributed by atoms with Gasteiger partial charge in [0.15, 0.2) is 0 Å². The molecule has 33 heavy (non-hydrogen) atoms. The zero-order valence-electron chi connectivity index (χ0n) is 19.2. The largest absolute Gasteiger partial charge is 0.366 e. The van der Waals surface area contributed by atoms with Gasteiger partial charge in [-0.25, -0.2) is 0 Å². The second kappa shape index (κ2) is 8.05. The van der Waals surface area contributed by atoms with Gasteiger partial charge >= 0.3 is 0 Å². The second-order valence-electron chi connectivity index (χ2n) is 9.13. The van der Waals surface area contributed by atoms with Crippen molar-refractivity contribution in [1.29, 1.82) is 0 Å². The maximum Gasteiger partial charge on any atom is 0.254 e. The molecule has 0 aliphatic carbocycles. The number of carbonyl (C=O) groups excluding carboxylic acids is 2. The maximum absolute atomic E-state index is 13.1. The van der Waals surface area contributed by atoms with Crippen molar-refractivity contribution in [3.63, 3.8) is 0 Å². The number of rotatable bonds is 3. The average Bonchev–Trinajstić information content (AvgIpc) is 3.16. The molecule has 1 fully saturated rings. The summed E-state index contributed by atoms with van der Waals surface area (Å²) in [6, 6.07) is 15.9. The van der Waals surface area contributed by atoms with Crippen molar-refractivity contribution in [3.8, 4) is 11.1 Å². The van der Waals surface area contributed by atoms with E-state index in [1.54, 1.807) is 6.07 Å². The summed E-state index contributed by atoms with van der Waals surface area (Å²) in [4.78, 5) is 32.8. The quantitative estimate of drug-likeness (QED) is 0.503. The number of carbonyl (C=O) groups is 2. The number of H-pyrrole nitrogens is 1. The summed E-state index contributed by atoms with van der Waals surface area (Å²) >= 11 is 0. The van der Waals surface area contributed by atoms with Gasteiger partial charge < -0.3 is 20.5 Å². The number of primary amides is 1. The lowest BCUT2D eigenvalue weighted by Crippen LogP contribution is -2.47. The van der Waals surface area contributed by atoms with Crippen LogP contribution in [0.3, 0.4) is 0 Å². The summed E-state index contributed by atoms with van der Waals surface area (Å²) in [5, 5.41) is 1.92. The third-order valence-electron chi connectivity index (χ3n) is 6.59. The third kappa shape index (κ3) is 3.76. The molecule has 6 nitrogen and oxygen atoms in total. The fourth-order valence-corrected chi connectivity index (χ4v) is 4.91. The summed E-state index contributed by atoms with van der Waals surface area (Å²) < 4.78 is 0. The van der Waals surface area contributed by atoms with E-state index in [1.807, 2.05) is 29.2 Å². The lowest BCUT2D eigenvalue weighted by molar-refractivity contribution is 0.0664. The van der Waals surface area contributed by atoms with Crippen LogP contribution in [-0.4, -0.2) is 59.8 Å². The zero-order valence-corrected chi connectivity index (χ0v) is 19.2. The van der Waals surface area contributed by atoms with E-state index in [-0.39, 0.29) is 5.91 Å². The molecule has 6 heteroatoms. The van der Waals surface area contributed by atoms with Gasteiger partial charge in [0, 0.05) is 48.0 Å². The monoisotopic (exact) mass is 440 g/mol. The number of hydrogen-bond donors (Lipinski definition) is 2. The van der Waals surface area contributed by atoms with Crippen LogP contribution >= 0.6 is 0 Å². The number of piperazine rings is 1. The first-order valence-corrected chi connectivity index (χ1v) is 11.3. The Morgan fingerprint density at radius 3 is 2.27 bits per heavy atom. The van der Waals surface area contributed by atoms with Gasteiger partial charge in [0.1, 0.15) is 0 Å². The van der Waals surface area contributed by atoms with E-state index in [1.165, 1.54) is 11.1 Å². The molecule has 4 aromatic rings. The number of hydrogen-bond acceptors (Lipinski definition) is 3. The van der Waals surface area contributed by atoms with E-state index in [0.717, 1.165) is 53.6 Å². The van der Waals surface area contributed by atoms with Gasteiger partial charge in [0.2, 0.25) is 0 Å². The van der Waals surface area contributed by atoms with Gasteiger partial charge in [0.25, 0.3) is 11.8 Å². The van der Waals surface area contributed by atoms with Crippen molar-refractivity contribution in [2.24, 2.45) is 5.73 Å². The number of likely N-dealkylation sites (N-methyl/N-ethyl adjacent to an activating group) is 1. The fraction of sp³-hybridized carbons (Fsp3) is 0.259. The predicted molar refractivity (Wildman–Crippen MR) is 133 cm³/mol. The predicted octanol–water partition coefficient (Wildman–Crippen LogP) is 4.09. The Bertz CT molecular complexity index is 1390. The van der Waals surface area contributed by atoms with Gasteiger partial charge in [-0.05, 0) is 50.2 Å². The highest BCUT2D eigenvalue weighted by Gasteiger charge is 2.22. The number of nitrogens with two attached hydrogens (primary N) is 1. The summed E-state index contributed by atoms with van der Waals surface area (Å²) in [5.41, 5.74) is 12.8. The first-order valence-electron chi connectivity index (χ1n) is 11.3. The Morgan fingerprint density at radius 2 is 1.61 bits per heavy atom. The molecule has 3 N–H and O–H groups in total. The molecule has 0 bridgehead atoms. The molecule has 1 saturated heterocycles. The van der Waals surface area contributed by atoms with Crippen molar-refractivity contribution in [3.05, 3.63) is 70.8 Å². The molecule has 0 unspecified atom stereocenters. The standard InChI is InChI=1S/C27H28N4O2/c1-16-12-17(2)14-19(13-16)20-6-7-22(26(28)32)25-24(20)21-5-4-18(15-23(21)29-25)27(33)31-10-8-30(3)9-11-31/h4-7,12-15,29H,8-11H2,1-3H3,(H2,28,32). The number of aromatic amines is 1. The Morgan fingerprint density at radius 1 is 0.909 bits per heavy atom. The molecule has 2 amide bonds. The Hall–Kier alpha value is -3.64. The van der Waals surface area contributed by atoms with Crippen molar-refractivity contribution in [2.45, 2.75) is 13.8 Å². The van der Waals surface area contributed by atoms with Gasteiger partial charge in [0.05, 0.1) is 11.1 Å². The molecule has 0 radical (unpaired) electrons. The van der Waals surface area contributed by atoms with Gasteiger partial charge in [-0.3, -0.25) is 9.59 Å². The van der Waals surface area contributed by atoms with Crippen LogP contribution in [0.4, 0.5) is 0 Å². The lowest BCUT2D eigenvalue weighted by atomic mass is 9.94. The zero-order chi connectivity index (χ0) is 23.3. The minimum Gasteiger partial charge on any atom is -0.366 e. The summed E-state index contributed by atoms with van der Waals surface area (Å²) in [6.07, 6.45) is 0. The first-order chi connectivity index (χ1) is 15.8. The number of amides is 2. The van der Waals surface area contributed by atoms with Crippen LogP contribution in [0, 0.1) is 13.8 Å². The topological polar surface area (TPSA) is 82.4 Å². The van der Waals surface area contributed by atoms with Crippen LogP contribution in [0.15, 0.2) is 48.5 Å². The number of aryl methyl sites for hydroxylation is 2. The lowest BCUT2D eigenvalue weighted by Gasteiger charge is -2.32. The van der Waals surface area contributed by atoms with E-state index in [4.69, 9.17) is 5.73 Å². The molecule has 2 heterocycles.